The molecule has 2 aromatic heterocycles. The molecule has 1 unspecified atom stereocenters. The summed E-state index contributed by atoms with van der Waals surface area (Å²) in [7, 11) is 0. The van der Waals surface area contributed by atoms with Crippen LogP contribution in [0.5, 0.6) is 0 Å². The van der Waals surface area contributed by atoms with Crippen molar-refractivity contribution in [2.45, 2.75) is 48.2 Å². The summed E-state index contributed by atoms with van der Waals surface area (Å²) in [5.74, 6) is 0. The van der Waals surface area contributed by atoms with Crippen molar-refractivity contribution in [1.29, 1.82) is 0 Å². The predicted octanol–water partition coefficient (Wildman–Crippen LogP) is -3.82. The molecule has 0 amide bonds. The molecule has 19 heteroatoms. The number of H-pyrrole nitrogens is 2. The van der Waals surface area contributed by atoms with Crippen LogP contribution in [-0.2, 0) is 18.6 Å². The largest absolute Gasteiger partial charge is 0.394 e. The van der Waals surface area contributed by atoms with Crippen LogP contribution in [0.4, 0.5) is 0 Å². The maximum atomic E-state index is 12.8. The zero-order valence-corrected chi connectivity index (χ0v) is 20.3. The number of hydrogen-bond donors (Lipinski definition) is 7. The number of hydrogen-bond acceptors (Lipinski definition) is 13. The Balaban J connectivity index is 1.43. The van der Waals surface area contributed by atoms with Gasteiger partial charge in [-0.15, -0.1) is 0 Å². The molecule has 2 aliphatic heterocycles. The molecular formula is C18H23N4O13PS. The van der Waals surface area contributed by atoms with Crippen LogP contribution in [0.15, 0.2) is 43.7 Å². The van der Waals surface area contributed by atoms with E-state index in [4.69, 9.17) is 14.0 Å². The van der Waals surface area contributed by atoms with Crippen molar-refractivity contribution in [2.75, 3.05) is 13.2 Å². The van der Waals surface area contributed by atoms with Gasteiger partial charge in [-0.25, -0.2) is 14.2 Å². The molecule has 2 aromatic rings. The average molecular weight is 566 g/mol. The first-order chi connectivity index (χ1) is 17.4. The van der Waals surface area contributed by atoms with Crippen LogP contribution in [0.2, 0.25) is 0 Å². The fourth-order valence-electron chi connectivity index (χ4n) is 3.93. The van der Waals surface area contributed by atoms with Crippen molar-refractivity contribution in [3.63, 3.8) is 0 Å². The molecule has 4 rings (SSSR count). The molecule has 0 saturated carbocycles. The minimum Gasteiger partial charge on any atom is -0.394 e. The maximum absolute atomic E-state index is 12.8. The molecule has 0 radical (unpaired) electrons. The van der Waals surface area contributed by atoms with Gasteiger partial charge >= 0.3 is 18.2 Å². The van der Waals surface area contributed by atoms with Crippen LogP contribution in [-0.4, -0.2) is 93.4 Å². The van der Waals surface area contributed by atoms with E-state index < -0.39 is 90.7 Å². The van der Waals surface area contributed by atoms with Crippen LogP contribution in [0.3, 0.4) is 0 Å². The summed E-state index contributed by atoms with van der Waals surface area (Å²) >= 11 is 0.216. The second-order valence-corrected chi connectivity index (χ2v) is 12.1. The van der Waals surface area contributed by atoms with Gasteiger partial charge in [0.15, 0.2) is 12.5 Å². The molecule has 0 aliphatic carbocycles. The number of aliphatic hydroxyl groups excluding tert-OH is 4. The molecule has 0 aromatic carbocycles. The Morgan fingerprint density at radius 1 is 0.892 bits per heavy atom. The van der Waals surface area contributed by atoms with E-state index in [2.05, 4.69) is 0 Å². The Morgan fingerprint density at radius 3 is 1.92 bits per heavy atom. The summed E-state index contributed by atoms with van der Waals surface area (Å²) in [5.41, 5.74) is -3.22. The number of aromatic amines is 2. The highest BCUT2D eigenvalue weighted by atomic mass is 32.7. The minimum atomic E-state index is -4.64. The first-order valence-corrected chi connectivity index (χ1v) is 13.7. The molecule has 17 nitrogen and oxygen atoms in total. The van der Waals surface area contributed by atoms with E-state index in [-0.39, 0.29) is 11.4 Å². The van der Waals surface area contributed by atoms with Crippen molar-refractivity contribution in [3.05, 3.63) is 66.2 Å². The van der Waals surface area contributed by atoms with E-state index in [1.807, 2.05) is 9.97 Å². The number of ether oxygens (including phenoxy) is 2. The molecule has 204 valence electrons. The van der Waals surface area contributed by atoms with E-state index in [1.165, 1.54) is 0 Å². The van der Waals surface area contributed by atoms with Crippen LogP contribution in [0, 0.1) is 0 Å². The molecular weight excluding hydrogens is 543 g/mol. The second-order valence-electron chi connectivity index (χ2n) is 8.15. The standard InChI is InChI=1S/C18H23N4O13PS/c23-5-7-14(13(28)16(34-7)22-4-2-10(25)20-18(22)30)37-36(31,32)33-6-8-11(26)12(27)15(35-8)21-3-1-9(24)19-17(21)29/h1-4,7-8,11-16,23,26-28H,5-6H2,(H,31,32)(H,19,24,29)(H,20,25,30)/t7-,8-,11-,12-,13-,14-,15-,16-/m1/s1. The Labute approximate surface area is 209 Å². The number of nitrogens with zero attached hydrogens (tertiary/aromatic N) is 2. The highest BCUT2D eigenvalue weighted by Crippen LogP contribution is 2.61. The Bertz CT molecular complexity index is 1410. The van der Waals surface area contributed by atoms with Crippen LogP contribution < -0.4 is 22.5 Å². The number of nitrogens with one attached hydrogen (secondary N) is 2. The monoisotopic (exact) mass is 566 g/mol. The number of aromatic nitrogens is 4. The van der Waals surface area contributed by atoms with Crippen molar-refractivity contribution < 1.29 is 43.9 Å². The number of aliphatic hydroxyl groups is 4. The Hall–Kier alpha value is -2.38. The van der Waals surface area contributed by atoms with Gasteiger partial charge in [-0.1, -0.05) is 0 Å². The first kappa shape index (κ1) is 27.6. The fourth-order valence-corrected chi connectivity index (χ4v) is 7.25. The van der Waals surface area contributed by atoms with Gasteiger partial charge in [0.1, 0.15) is 24.4 Å². The Morgan fingerprint density at radius 2 is 1.41 bits per heavy atom. The third kappa shape index (κ3) is 5.73. The van der Waals surface area contributed by atoms with Crippen LogP contribution in [0.1, 0.15) is 12.5 Å². The summed E-state index contributed by atoms with van der Waals surface area (Å²) in [6.45, 7) is -6.07. The fraction of sp³-hybridized carbons (Fsp3) is 0.556. The molecule has 7 N–H and O–H groups in total. The smallest absolute Gasteiger partial charge is 0.387 e. The van der Waals surface area contributed by atoms with Gasteiger partial charge in [-0.05, 0) is 11.4 Å². The van der Waals surface area contributed by atoms with Crippen LogP contribution in [0.25, 0.3) is 0 Å². The van der Waals surface area contributed by atoms with Gasteiger partial charge in [0.2, 0.25) is 0 Å². The van der Waals surface area contributed by atoms with Gasteiger partial charge in [0, 0.05) is 24.5 Å². The lowest BCUT2D eigenvalue weighted by atomic mass is 10.1. The van der Waals surface area contributed by atoms with E-state index >= 15 is 0 Å². The quantitative estimate of drug-likeness (QED) is 0.151. The predicted molar refractivity (Wildman–Crippen MR) is 123 cm³/mol. The lowest BCUT2D eigenvalue weighted by Crippen LogP contribution is -2.37. The molecule has 0 bridgehead atoms. The highest BCUT2D eigenvalue weighted by molar-refractivity contribution is 8.55. The molecule has 2 aliphatic rings. The normalized spacial score (nSPS) is 33.4. The molecule has 0 spiro atoms. The van der Waals surface area contributed by atoms with Crippen molar-refractivity contribution in [2.24, 2.45) is 0 Å². The lowest BCUT2D eigenvalue weighted by molar-refractivity contribution is -0.0530. The second kappa shape index (κ2) is 10.8. The summed E-state index contributed by atoms with van der Waals surface area (Å²) in [4.78, 5) is 60.9. The van der Waals surface area contributed by atoms with E-state index in [0.29, 0.717) is 0 Å². The highest BCUT2D eigenvalue weighted by Gasteiger charge is 2.49. The summed E-state index contributed by atoms with van der Waals surface area (Å²) in [6, 6.07) is 2.00. The maximum Gasteiger partial charge on any atom is 0.387 e. The zero-order chi connectivity index (χ0) is 27.1. The molecule has 4 heterocycles. The van der Waals surface area contributed by atoms with Crippen molar-refractivity contribution in [1.82, 2.24) is 19.1 Å². The van der Waals surface area contributed by atoms with Gasteiger partial charge in [0.05, 0.1) is 24.6 Å². The summed E-state index contributed by atoms with van der Waals surface area (Å²) in [5, 5.41) is 39.6. The van der Waals surface area contributed by atoms with E-state index in [1.54, 1.807) is 0 Å². The van der Waals surface area contributed by atoms with Crippen molar-refractivity contribution >= 4 is 18.2 Å². The third-order valence-corrected chi connectivity index (χ3v) is 9.15. The van der Waals surface area contributed by atoms with Crippen LogP contribution >= 0.6 is 18.2 Å². The molecule has 2 saturated heterocycles. The van der Waals surface area contributed by atoms with E-state index in [9.17, 15) is 49.1 Å². The van der Waals surface area contributed by atoms with Gasteiger partial charge in [-0.2, -0.15) is 0 Å². The SMILES string of the molecule is O=c1ccn([C@@H]2O[C@H](COP(=O)(O)S[C@H]3[C@@H](O)[C@H](n4ccc(=O)[nH]c4=O)O[C@@H]3CO)[C@@H](O)[C@H]2O)c(=O)[nH]1. The minimum absolute atomic E-state index is 0.216. The van der Waals surface area contributed by atoms with Crippen molar-refractivity contribution in [3.8, 4) is 0 Å². The summed E-state index contributed by atoms with van der Waals surface area (Å²) < 4.78 is 30.3. The third-order valence-electron chi connectivity index (χ3n) is 5.73. The Kier molecular flexibility index (Phi) is 8.05. The first-order valence-electron chi connectivity index (χ1n) is 10.7. The topological polar surface area (TPSA) is 256 Å². The van der Waals surface area contributed by atoms with Gasteiger partial charge in [-0.3, -0.25) is 33.2 Å². The average Bonchev–Trinajstić information content (AvgIpc) is 3.28. The molecule has 9 atom stereocenters. The zero-order valence-electron chi connectivity index (χ0n) is 18.6. The number of rotatable bonds is 8. The summed E-state index contributed by atoms with van der Waals surface area (Å²) in [6.07, 6.45) is -8.20. The van der Waals surface area contributed by atoms with E-state index in [0.717, 1.165) is 33.7 Å². The molecule has 37 heavy (non-hydrogen) atoms. The molecule has 2 fully saturated rings. The lowest BCUT2D eigenvalue weighted by Gasteiger charge is -2.22. The van der Waals surface area contributed by atoms with Gasteiger partial charge < -0.3 is 34.8 Å². The van der Waals surface area contributed by atoms with Gasteiger partial charge in [0.25, 0.3) is 11.1 Å².